The average Bonchev–Trinajstić information content (AvgIpc) is 2.75. The first kappa shape index (κ1) is 11.8. The summed E-state index contributed by atoms with van der Waals surface area (Å²) >= 11 is 13.4. The van der Waals surface area contributed by atoms with Crippen LogP contribution in [0.1, 0.15) is 0 Å². The number of thioether (sulfide) groups is 1. The van der Waals surface area contributed by atoms with E-state index in [0.29, 0.717) is 15.7 Å². The van der Waals surface area contributed by atoms with Crippen molar-refractivity contribution in [3.63, 3.8) is 0 Å². The summed E-state index contributed by atoms with van der Waals surface area (Å²) in [5, 5.41) is 0.990. The van der Waals surface area contributed by atoms with E-state index in [2.05, 4.69) is 4.99 Å². The number of halogens is 2. The highest BCUT2D eigenvalue weighted by Gasteiger charge is 2.22. The van der Waals surface area contributed by atoms with Gasteiger partial charge in [0.25, 0.3) is 0 Å². The van der Waals surface area contributed by atoms with Crippen molar-refractivity contribution in [3.05, 3.63) is 28.2 Å². The summed E-state index contributed by atoms with van der Waals surface area (Å²) in [4.78, 5) is 16.8. The van der Waals surface area contributed by atoms with E-state index in [9.17, 15) is 4.79 Å². The number of amides is 1. The van der Waals surface area contributed by atoms with Gasteiger partial charge in [0, 0.05) is 17.0 Å². The van der Waals surface area contributed by atoms with Crippen LogP contribution in [0.4, 0.5) is 5.69 Å². The molecule has 2 rings (SSSR count). The van der Waals surface area contributed by atoms with Gasteiger partial charge in [0.05, 0.1) is 10.7 Å². The molecule has 1 aromatic carbocycles. The van der Waals surface area contributed by atoms with Gasteiger partial charge in [-0.25, -0.2) is 0 Å². The average molecular weight is 275 g/mol. The molecule has 84 valence electrons. The zero-order chi connectivity index (χ0) is 11.5. The Morgan fingerprint density at radius 2 is 2.31 bits per heavy atom. The Kier molecular flexibility index (Phi) is 3.74. The Labute approximate surface area is 107 Å². The van der Waals surface area contributed by atoms with Crippen LogP contribution in [0.2, 0.25) is 10.0 Å². The first-order valence-corrected chi connectivity index (χ1v) is 6.35. The van der Waals surface area contributed by atoms with E-state index in [4.69, 9.17) is 23.2 Å². The maximum Gasteiger partial charge on any atom is 0.216 e. The van der Waals surface area contributed by atoms with Gasteiger partial charge in [-0.2, -0.15) is 0 Å². The first-order chi connectivity index (χ1) is 7.72. The van der Waals surface area contributed by atoms with Gasteiger partial charge in [0.15, 0.2) is 5.50 Å². The molecule has 0 fully saturated rings. The van der Waals surface area contributed by atoms with Crippen LogP contribution in [0.25, 0.3) is 0 Å². The van der Waals surface area contributed by atoms with E-state index >= 15 is 0 Å². The number of aliphatic imine (C=N–C) groups is 1. The molecule has 1 atom stereocenters. The number of carbonyl (C=O) groups is 1. The van der Waals surface area contributed by atoms with E-state index in [1.807, 2.05) is 0 Å². The van der Waals surface area contributed by atoms with Gasteiger partial charge in [-0.1, -0.05) is 23.2 Å². The van der Waals surface area contributed by atoms with Crippen molar-refractivity contribution in [2.75, 3.05) is 10.7 Å². The van der Waals surface area contributed by atoms with Gasteiger partial charge in [0.2, 0.25) is 6.41 Å². The summed E-state index contributed by atoms with van der Waals surface area (Å²) < 4.78 is 0. The molecule has 1 unspecified atom stereocenters. The molecular formula is C10H8Cl2N2OS. The molecule has 1 aliphatic heterocycles. The minimum atomic E-state index is -0.226. The predicted molar refractivity (Wildman–Crippen MR) is 69.7 cm³/mol. The first-order valence-electron chi connectivity index (χ1n) is 4.54. The minimum Gasteiger partial charge on any atom is -0.281 e. The van der Waals surface area contributed by atoms with Crippen molar-refractivity contribution in [2.45, 2.75) is 5.50 Å². The molecule has 1 aliphatic rings. The second-order valence-electron chi connectivity index (χ2n) is 3.10. The zero-order valence-corrected chi connectivity index (χ0v) is 10.5. The molecule has 0 saturated carbocycles. The molecule has 0 aromatic heterocycles. The van der Waals surface area contributed by atoms with Gasteiger partial charge in [-0.05, 0) is 18.2 Å². The second kappa shape index (κ2) is 5.08. The summed E-state index contributed by atoms with van der Waals surface area (Å²) in [5.41, 5.74) is 0.397. The van der Waals surface area contributed by atoms with E-state index in [1.54, 1.807) is 36.2 Å². The fourth-order valence-corrected chi connectivity index (χ4v) is 2.72. The maximum atomic E-state index is 11.1. The quantitative estimate of drug-likeness (QED) is 0.794. The molecule has 6 heteroatoms. The normalized spacial score (nSPS) is 18.8. The number of rotatable bonds is 3. The van der Waals surface area contributed by atoms with Gasteiger partial charge in [-0.15, -0.1) is 11.8 Å². The third kappa shape index (κ3) is 2.34. The van der Waals surface area contributed by atoms with Gasteiger partial charge in [-0.3, -0.25) is 14.7 Å². The van der Waals surface area contributed by atoms with Crippen LogP contribution in [-0.4, -0.2) is 23.9 Å². The summed E-state index contributed by atoms with van der Waals surface area (Å²) in [6.45, 7) is 0. The van der Waals surface area contributed by atoms with Crippen molar-refractivity contribution >= 4 is 53.3 Å². The lowest BCUT2D eigenvalue weighted by Gasteiger charge is -2.22. The molecule has 0 saturated heterocycles. The standard InChI is InChI=1S/C10H8Cl2N2OS/c11-7-1-2-9(8(12)5-7)14(6-15)10-13-3-4-16-10/h1-3,5-6,10H,4H2. The van der Waals surface area contributed by atoms with Crippen LogP contribution < -0.4 is 4.90 Å². The number of benzene rings is 1. The Morgan fingerprint density at radius 1 is 1.50 bits per heavy atom. The maximum absolute atomic E-state index is 11.1. The fraction of sp³-hybridized carbons (Fsp3) is 0.200. The summed E-state index contributed by atoms with van der Waals surface area (Å²) in [6.07, 6.45) is 2.52. The van der Waals surface area contributed by atoms with E-state index in [0.717, 1.165) is 12.2 Å². The summed E-state index contributed by atoms with van der Waals surface area (Å²) in [6, 6.07) is 5.02. The van der Waals surface area contributed by atoms with E-state index in [-0.39, 0.29) is 5.50 Å². The van der Waals surface area contributed by atoms with Gasteiger partial charge in [0.1, 0.15) is 0 Å². The van der Waals surface area contributed by atoms with Crippen LogP contribution in [0.5, 0.6) is 0 Å². The fourth-order valence-electron chi connectivity index (χ4n) is 1.38. The van der Waals surface area contributed by atoms with Crippen molar-refractivity contribution in [1.29, 1.82) is 0 Å². The van der Waals surface area contributed by atoms with Crippen LogP contribution in [-0.2, 0) is 4.79 Å². The van der Waals surface area contributed by atoms with Gasteiger partial charge >= 0.3 is 0 Å². The Balaban J connectivity index is 2.32. The highest BCUT2D eigenvalue weighted by molar-refractivity contribution is 8.00. The molecule has 0 N–H and O–H groups in total. The van der Waals surface area contributed by atoms with Crippen LogP contribution in [0, 0.1) is 0 Å². The highest BCUT2D eigenvalue weighted by Crippen LogP contribution is 2.32. The molecule has 0 spiro atoms. The lowest BCUT2D eigenvalue weighted by atomic mass is 10.3. The summed E-state index contributed by atoms with van der Waals surface area (Å²) in [7, 11) is 0. The summed E-state index contributed by atoms with van der Waals surface area (Å²) in [5.74, 6) is 0.806. The lowest BCUT2D eigenvalue weighted by molar-refractivity contribution is -0.107. The second-order valence-corrected chi connectivity index (χ2v) is 5.03. The van der Waals surface area contributed by atoms with Crippen LogP contribution in [0.15, 0.2) is 23.2 Å². The largest absolute Gasteiger partial charge is 0.281 e. The molecule has 0 aliphatic carbocycles. The molecular weight excluding hydrogens is 267 g/mol. The van der Waals surface area contributed by atoms with Gasteiger partial charge < -0.3 is 0 Å². The van der Waals surface area contributed by atoms with Crippen molar-refractivity contribution < 1.29 is 4.79 Å². The predicted octanol–water partition coefficient (Wildman–Crippen LogP) is 3.06. The third-order valence-electron chi connectivity index (χ3n) is 2.09. The molecule has 1 heterocycles. The number of hydrogen-bond donors (Lipinski definition) is 0. The number of carbonyl (C=O) groups excluding carboxylic acids is 1. The molecule has 16 heavy (non-hydrogen) atoms. The Hall–Kier alpha value is -0.710. The van der Waals surface area contributed by atoms with Crippen molar-refractivity contribution in [1.82, 2.24) is 0 Å². The lowest BCUT2D eigenvalue weighted by Crippen LogP contribution is -2.29. The number of nitrogens with zero attached hydrogens (tertiary/aromatic N) is 2. The monoisotopic (exact) mass is 274 g/mol. The molecule has 1 aromatic rings. The zero-order valence-electron chi connectivity index (χ0n) is 8.14. The van der Waals surface area contributed by atoms with Crippen LogP contribution >= 0.6 is 35.0 Å². The van der Waals surface area contributed by atoms with Crippen LogP contribution in [0.3, 0.4) is 0 Å². The van der Waals surface area contributed by atoms with Crippen molar-refractivity contribution in [2.24, 2.45) is 4.99 Å². The minimum absolute atomic E-state index is 0.226. The third-order valence-corrected chi connectivity index (χ3v) is 3.62. The molecule has 0 bridgehead atoms. The Morgan fingerprint density at radius 3 is 2.88 bits per heavy atom. The molecule has 0 radical (unpaired) electrons. The molecule has 3 nitrogen and oxygen atoms in total. The number of anilines is 1. The number of hydrogen-bond acceptors (Lipinski definition) is 3. The SMILES string of the molecule is O=CN(c1ccc(Cl)cc1Cl)C1N=CCS1. The van der Waals surface area contributed by atoms with Crippen molar-refractivity contribution in [3.8, 4) is 0 Å². The highest BCUT2D eigenvalue weighted by atomic mass is 35.5. The van der Waals surface area contributed by atoms with E-state index < -0.39 is 0 Å². The smallest absolute Gasteiger partial charge is 0.216 e. The van der Waals surface area contributed by atoms with E-state index in [1.165, 1.54) is 4.90 Å². The Bertz CT molecular complexity index is 439. The molecule has 1 amide bonds. The topological polar surface area (TPSA) is 32.7 Å².